The van der Waals surface area contributed by atoms with Crippen LogP contribution in [0.5, 0.6) is 5.75 Å². The molecule has 0 fully saturated rings. The largest absolute Gasteiger partial charge is 0.496 e. The van der Waals surface area contributed by atoms with Crippen molar-refractivity contribution in [2.75, 3.05) is 20.3 Å². The minimum Gasteiger partial charge on any atom is -0.496 e. The maximum Gasteiger partial charge on any atom is 0.192 e. The second-order valence-corrected chi connectivity index (χ2v) is 3.07. The number of methoxy groups -OCH3 is 1. The molecule has 4 heteroatoms. The van der Waals surface area contributed by atoms with Gasteiger partial charge in [-0.3, -0.25) is 4.79 Å². The summed E-state index contributed by atoms with van der Waals surface area (Å²) in [6.45, 7) is 3.62. The summed E-state index contributed by atoms with van der Waals surface area (Å²) in [6, 6.07) is 3.79. The number of halogens is 1. The molecule has 1 aromatic carbocycles. The molecule has 1 rings (SSSR count). The van der Waals surface area contributed by atoms with Crippen molar-refractivity contribution in [3.8, 4) is 5.75 Å². The van der Waals surface area contributed by atoms with Crippen molar-refractivity contribution >= 4 is 5.78 Å². The van der Waals surface area contributed by atoms with Crippen molar-refractivity contribution < 1.29 is 18.7 Å². The van der Waals surface area contributed by atoms with Gasteiger partial charge in [-0.15, -0.1) is 6.58 Å². The van der Waals surface area contributed by atoms with Gasteiger partial charge in [0, 0.05) is 0 Å². The Bertz CT molecular complexity index is 388. The third-order valence-corrected chi connectivity index (χ3v) is 1.93. The van der Waals surface area contributed by atoms with Crippen LogP contribution in [0, 0.1) is 5.82 Å². The Kier molecular flexibility index (Phi) is 4.66. The number of hydrogen-bond acceptors (Lipinski definition) is 3. The second-order valence-electron chi connectivity index (χ2n) is 3.07. The van der Waals surface area contributed by atoms with E-state index in [1.165, 1.54) is 25.3 Å². The predicted molar refractivity (Wildman–Crippen MR) is 58.3 cm³/mol. The monoisotopic (exact) mass is 224 g/mol. The topological polar surface area (TPSA) is 35.5 Å². The van der Waals surface area contributed by atoms with Crippen molar-refractivity contribution in [1.82, 2.24) is 0 Å². The van der Waals surface area contributed by atoms with E-state index in [1.807, 2.05) is 0 Å². The summed E-state index contributed by atoms with van der Waals surface area (Å²) in [4.78, 5) is 11.6. The van der Waals surface area contributed by atoms with Gasteiger partial charge in [0.25, 0.3) is 0 Å². The van der Waals surface area contributed by atoms with Gasteiger partial charge in [0.15, 0.2) is 5.78 Å². The average Bonchev–Trinajstić information content (AvgIpc) is 2.29. The van der Waals surface area contributed by atoms with E-state index in [1.54, 1.807) is 0 Å². The SMILES string of the molecule is C=CCOCC(=O)c1cc(F)ccc1OC. The van der Waals surface area contributed by atoms with Crippen molar-refractivity contribution in [2.45, 2.75) is 0 Å². The molecule has 16 heavy (non-hydrogen) atoms. The van der Waals surface area contributed by atoms with Crippen LogP contribution in [0.25, 0.3) is 0 Å². The lowest BCUT2D eigenvalue weighted by atomic mass is 10.1. The number of ether oxygens (including phenoxy) is 2. The molecular formula is C12H13FO3. The molecule has 0 aliphatic carbocycles. The molecule has 0 amide bonds. The number of carbonyl (C=O) groups excluding carboxylic acids is 1. The molecule has 1 aromatic rings. The first-order valence-electron chi connectivity index (χ1n) is 4.74. The molecule has 86 valence electrons. The molecule has 0 aliphatic rings. The fourth-order valence-electron chi connectivity index (χ4n) is 1.21. The van der Waals surface area contributed by atoms with E-state index in [2.05, 4.69) is 6.58 Å². The van der Waals surface area contributed by atoms with Crippen molar-refractivity contribution in [2.24, 2.45) is 0 Å². The molecule has 0 aromatic heterocycles. The molecule has 0 bridgehead atoms. The highest BCUT2D eigenvalue weighted by atomic mass is 19.1. The van der Waals surface area contributed by atoms with Gasteiger partial charge in [-0.2, -0.15) is 0 Å². The molecule has 0 saturated heterocycles. The van der Waals surface area contributed by atoms with Crippen LogP contribution in [0.4, 0.5) is 4.39 Å². The lowest BCUT2D eigenvalue weighted by Gasteiger charge is -2.07. The maximum absolute atomic E-state index is 13.0. The molecule has 0 radical (unpaired) electrons. The van der Waals surface area contributed by atoms with Crippen LogP contribution in [0.3, 0.4) is 0 Å². The summed E-state index contributed by atoms with van der Waals surface area (Å²) in [6.07, 6.45) is 1.54. The smallest absolute Gasteiger partial charge is 0.192 e. The average molecular weight is 224 g/mol. The summed E-state index contributed by atoms with van der Waals surface area (Å²) in [5.41, 5.74) is 0.187. The zero-order chi connectivity index (χ0) is 12.0. The lowest BCUT2D eigenvalue weighted by molar-refractivity contribution is 0.0803. The number of Topliss-reactive ketones (excluding diaryl/α,β-unsaturated/α-hetero) is 1. The summed E-state index contributed by atoms with van der Waals surface area (Å²) in [5.74, 6) is -0.459. The van der Waals surface area contributed by atoms with E-state index in [-0.39, 0.29) is 24.6 Å². The molecule has 0 saturated carbocycles. The number of hydrogen-bond donors (Lipinski definition) is 0. The lowest BCUT2D eigenvalue weighted by Crippen LogP contribution is -2.10. The third-order valence-electron chi connectivity index (χ3n) is 1.93. The first-order valence-corrected chi connectivity index (χ1v) is 4.74. The number of rotatable bonds is 6. The maximum atomic E-state index is 13.0. The fraction of sp³-hybridized carbons (Fsp3) is 0.250. The van der Waals surface area contributed by atoms with Crippen molar-refractivity contribution in [3.63, 3.8) is 0 Å². The quantitative estimate of drug-likeness (QED) is 0.422. The van der Waals surface area contributed by atoms with E-state index in [4.69, 9.17) is 9.47 Å². The normalized spacial score (nSPS) is 9.88. The minimum atomic E-state index is -0.479. The zero-order valence-electron chi connectivity index (χ0n) is 9.03. The summed E-state index contributed by atoms with van der Waals surface area (Å²) < 4.78 is 22.9. The zero-order valence-corrected chi connectivity index (χ0v) is 9.03. The Morgan fingerprint density at radius 1 is 1.56 bits per heavy atom. The highest BCUT2D eigenvalue weighted by Gasteiger charge is 2.13. The first kappa shape index (κ1) is 12.4. The Morgan fingerprint density at radius 2 is 2.31 bits per heavy atom. The van der Waals surface area contributed by atoms with Gasteiger partial charge in [-0.25, -0.2) is 4.39 Å². The third kappa shape index (κ3) is 3.17. The second kappa shape index (κ2) is 6.02. The molecule has 0 unspecified atom stereocenters. The number of ketones is 1. The van der Waals surface area contributed by atoms with Crippen molar-refractivity contribution in [1.29, 1.82) is 0 Å². The van der Waals surface area contributed by atoms with Gasteiger partial charge in [0.1, 0.15) is 18.2 Å². The van der Waals surface area contributed by atoms with Crippen molar-refractivity contribution in [3.05, 3.63) is 42.2 Å². The van der Waals surface area contributed by atoms with Crippen LogP contribution in [-0.4, -0.2) is 26.1 Å². The van der Waals surface area contributed by atoms with Gasteiger partial charge in [-0.05, 0) is 18.2 Å². The van der Waals surface area contributed by atoms with Crippen LogP contribution in [0.15, 0.2) is 30.9 Å². The highest BCUT2D eigenvalue weighted by molar-refractivity contribution is 5.99. The molecule has 0 atom stereocenters. The van der Waals surface area contributed by atoms with Gasteiger partial charge in [0.2, 0.25) is 0 Å². The van der Waals surface area contributed by atoms with Crippen LogP contribution in [-0.2, 0) is 4.74 Å². The van der Waals surface area contributed by atoms with Gasteiger partial charge < -0.3 is 9.47 Å². The standard InChI is InChI=1S/C12H13FO3/c1-3-6-16-8-11(14)10-7-9(13)4-5-12(10)15-2/h3-5,7H,1,6,8H2,2H3. The van der Waals surface area contributed by atoms with Crippen LogP contribution < -0.4 is 4.74 Å². The Hall–Kier alpha value is -1.68. The van der Waals surface area contributed by atoms with E-state index >= 15 is 0 Å². The Labute approximate surface area is 93.5 Å². The molecular weight excluding hydrogens is 211 g/mol. The van der Waals surface area contributed by atoms with Gasteiger partial charge in [0.05, 0.1) is 19.3 Å². The first-order chi connectivity index (χ1) is 7.69. The Morgan fingerprint density at radius 3 is 2.94 bits per heavy atom. The predicted octanol–water partition coefficient (Wildman–Crippen LogP) is 2.22. The van der Waals surface area contributed by atoms with Gasteiger partial charge in [-0.1, -0.05) is 6.08 Å². The number of benzene rings is 1. The fourth-order valence-corrected chi connectivity index (χ4v) is 1.21. The minimum absolute atomic E-state index is 0.119. The summed E-state index contributed by atoms with van der Waals surface area (Å²) in [7, 11) is 1.43. The number of carbonyl (C=O) groups is 1. The van der Waals surface area contributed by atoms with Crippen LogP contribution in [0.1, 0.15) is 10.4 Å². The molecule has 0 N–H and O–H groups in total. The molecule has 0 aliphatic heterocycles. The summed E-state index contributed by atoms with van der Waals surface area (Å²) in [5, 5.41) is 0. The van der Waals surface area contributed by atoms with E-state index < -0.39 is 5.82 Å². The summed E-state index contributed by atoms with van der Waals surface area (Å²) >= 11 is 0. The molecule has 0 heterocycles. The van der Waals surface area contributed by atoms with E-state index in [9.17, 15) is 9.18 Å². The Balaban J connectivity index is 2.80. The van der Waals surface area contributed by atoms with E-state index in [0.717, 1.165) is 6.07 Å². The molecule has 0 spiro atoms. The molecule has 3 nitrogen and oxygen atoms in total. The van der Waals surface area contributed by atoms with Gasteiger partial charge >= 0.3 is 0 Å². The highest BCUT2D eigenvalue weighted by Crippen LogP contribution is 2.19. The van der Waals surface area contributed by atoms with Crippen LogP contribution >= 0.6 is 0 Å². The van der Waals surface area contributed by atoms with Crippen LogP contribution in [0.2, 0.25) is 0 Å². The van der Waals surface area contributed by atoms with E-state index in [0.29, 0.717) is 5.75 Å².